The minimum Gasteiger partial charge on any atom is -0.472 e. The summed E-state index contributed by atoms with van der Waals surface area (Å²) in [5.41, 5.74) is 2.44. The predicted molar refractivity (Wildman–Crippen MR) is 124 cm³/mol. The van der Waals surface area contributed by atoms with Crippen molar-refractivity contribution >= 4 is 33.4 Å². The first-order valence-electron chi connectivity index (χ1n) is 10.1. The molecule has 3 heterocycles. The Bertz CT molecular complexity index is 1540. The highest BCUT2D eigenvalue weighted by Crippen LogP contribution is 2.28. The summed E-state index contributed by atoms with van der Waals surface area (Å²) in [6.07, 6.45) is 0.922. The Morgan fingerprint density at radius 2 is 1.82 bits per heavy atom. The van der Waals surface area contributed by atoms with Crippen LogP contribution < -0.4 is 10.3 Å². The van der Waals surface area contributed by atoms with Gasteiger partial charge >= 0.3 is 0 Å². The number of alkyl halides is 2. The number of aryl methyl sites for hydroxylation is 1. The monoisotopic (exact) mass is 466 g/mol. The van der Waals surface area contributed by atoms with Gasteiger partial charge in [0.2, 0.25) is 5.88 Å². The molecule has 0 N–H and O–H groups in total. The van der Waals surface area contributed by atoms with Crippen molar-refractivity contribution in [2.75, 3.05) is 6.61 Å². The number of halogens is 3. The summed E-state index contributed by atoms with van der Waals surface area (Å²) in [6.45, 7) is -0.781. The molecule has 33 heavy (non-hydrogen) atoms. The minimum absolute atomic E-state index is 0.0203. The summed E-state index contributed by atoms with van der Waals surface area (Å²) in [4.78, 5) is 18.1. The van der Waals surface area contributed by atoms with E-state index < -0.39 is 13.0 Å². The molecule has 0 radical (unpaired) electrons. The third kappa shape index (κ3) is 4.05. The van der Waals surface area contributed by atoms with Crippen molar-refractivity contribution in [3.8, 4) is 22.7 Å². The zero-order chi connectivity index (χ0) is 23.1. The van der Waals surface area contributed by atoms with Crippen LogP contribution in [-0.2, 0) is 7.05 Å². The van der Waals surface area contributed by atoms with Crippen molar-refractivity contribution in [3.63, 3.8) is 0 Å². The number of hydrogen-bond donors (Lipinski definition) is 0. The molecule has 0 atom stereocenters. The van der Waals surface area contributed by atoms with Gasteiger partial charge in [-0.2, -0.15) is 5.10 Å². The zero-order valence-electron chi connectivity index (χ0n) is 17.4. The van der Waals surface area contributed by atoms with Crippen LogP contribution in [0.5, 0.6) is 5.88 Å². The van der Waals surface area contributed by atoms with Gasteiger partial charge in [-0.1, -0.05) is 23.7 Å². The molecule has 0 spiro atoms. The number of aromatic nitrogens is 4. The van der Waals surface area contributed by atoms with Crippen molar-refractivity contribution in [2.45, 2.75) is 6.43 Å². The van der Waals surface area contributed by atoms with E-state index in [1.165, 1.54) is 6.07 Å². The molecule has 0 unspecified atom stereocenters. The number of hydrogen-bond acceptors (Lipinski definition) is 4. The van der Waals surface area contributed by atoms with Gasteiger partial charge in [-0.05, 0) is 42.0 Å². The Balaban J connectivity index is 1.75. The smallest absolute Gasteiger partial charge is 0.272 e. The molecule has 6 nitrogen and oxygen atoms in total. The summed E-state index contributed by atoms with van der Waals surface area (Å²) >= 11 is 6.04. The van der Waals surface area contributed by atoms with Crippen molar-refractivity contribution in [1.82, 2.24) is 19.3 Å². The molecule has 0 bridgehead atoms. The lowest BCUT2D eigenvalue weighted by Gasteiger charge is -2.13. The highest BCUT2D eigenvalue weighted by molar-refractivity contribution is 6.30. The predicted octanol–water partition coefficient (Wildman–Crippen LogP) is 5.24. The van der Waals surface area contributed by atoms with Crippen LogP contribution in [0.3, 0.4) is 0 Å². The molecule has 5 rings (SSSR count). The van der Waals surface area contributed by atoms with Gasteiger partial charge < -0.3 is 4.74 Å². The maximum atomic E-state index is 13.7. The number of benzene rings is 2. The second-order valence-electron chi connectivity index (χ2n) is 7.52. The summed E-state index contributed by atoms with van der Waals surface area (Å²) in [5.74, 6) is 0.0203. The lowest BCUT2D eigenvalue weighted by Crippen LogP contribution is -2.20. The maximum Gasteiger partial charge on any atom is 0.272 e. The van der Waals surface area contributed by atoms with Crippen LogP contribution in [0.4, 0.5) is 8.78 Å². The lowest BCUT2D eigenvalue weighted by atomic mass is 10.0. The van der Waals surface area contributed by atoms with Gasteiger partial charge in [0.25, 0.3) is 12.0 Å². The van der Waals surface area contributed by atoms with Gasteiger partial charge in [-0.3, -0.25) is 14.0 Å². The summed E-state index contributed by atoms with van der Waals surface area (Å²) in [5, 5.41) is 6.44. The SMILES string of the molecule is Cn1cc2cc(-n3cc4ccc(OCC(F)F)nc4c(-c4ccc(Cl)cc4)c3=O)ccc2n1. The highest BCUT2D eigenvalue weighted by atomic mass is 35.5. The van der Waals surface area contributed by atoms with Gasteiger partial charge in [0, 0.05) is 47.0 Å². The first-order valence-corrected chi connectivity index (χ1v) is 10.4. The summed E-state index contributed by atoms with van der Waals surface area (Å²) < 4.78 is 33.6. The van der Waals surface area contributed by atoms with Crippen molar-refractivity contribution in [2.24, 2.45) is 7.05 Å². The average molecular weight is 467 g/mol. The molecule has 0 amide bonds. The van der Waals surface area contributed by atoms with Crippen LogP contribution in [0.15, 0.2) is 71.8 Å². The van der Waals surface area contributed by atoms with Crippen LogP contribution in [0.25, 0.3) is 38.6 Å². The normalized spacial score (nSPS) is 11.5. The fourth-order valence-electron chi connectivity index (χ4n) is 3.76. The van der Waals surface area contributed by atoms with Crippen LogP contribution in [0.2, 0.25) is 5.02 Å². The van der Waals surface area contributed by atoms with E-state index in [0.717, 1.165) is 10.9 Å². The van der Waals surface area contributed by atoms with Crippen LogP contribution >= 0.6 is 11.6 Å². The largest absolute Gasteiger partial charge is 0.472 e. The van der Waals surface area contributed by atoms with E-state index in [1.807, 2.05) is 31.4 Å². The van der Waals surface area contributed by atoms with Gasteiger partial charge in [0.05, 0.1) is 16.6 Å². The van der Waals surface area contributed by atoms with Crippen molar-refractivity contribution < 1.29 is 13.5 Å². The zero-order valence-corrected chi connectivity index (χ0v) is 18.1. The molecule has 166 valence electrons. The van der Waals surface area contributed by atoms with E-state index >= 15 is 0 Å². The minimum atomic E-state index is -2.63. The molecule has 0 aliphatic heterocycles. The number of pyridine rings is 2. The number of nitrogens with zero attached hydrogens (tertiary/aromatic N) is 4. The Kier molecular flexibility index (Phi) is 5.30. The molecule has 0 saturated carbocycles. The summed E-state index contributed by atoms with van der Waals surface area (Å²) in [6, 6.07) is 15.6. The molecule has 0 aliphatic rings. The molecular weight excluding hydrogens is 450 g/mol. The molecule has 9 heteroatoms. The lowest BCUT2D eigenvalue weighted by molar-refractivity contribution is 0.0798. The van der Waals surface area contributed by atoms with Crippen LogP contribution in [0.1, 0.15) is 0 Å². The van der Waals surface area contributed by atoms with Crippen molar-refractivity contribution in [3.05, 3.63) is 82.4 Å². The Hall–Kier alpha value is -3.78. The van der Waals surface area contributed by atoms with Gasteiger partial charge in [0.1, 0.15) is 0 Å². The fourth-order valence-corrected chi connectivity index (χ4v) is 3.89. The third-order valence-electron chi connectivity index (χ3n) is 5.21. The van der Waals surface area contributed by atoms with E-state index in [2.05, 4.69) is 10.1 Å². The van der Waals surface area contributed by atoms with Gasteiger partial charge in [-0.25, -0.2) is 13.8 Å². The molecule has 5 aromatic rings. The molecule has 0 fully saturated rings. The van der Waals surface area contributed by atoms with Crippen LogP contribution in [-0.4, -0.2) is 32.4 Å². The van der Waals surface area contributed by atoms with E-state index in [9.17, 15) is 13.6 Å². The highest BCUT2D eigenvalue weighted by Gasteiger charge is 2.17. The quantitative estimate of drug-likeness (QED) is 0.355. The molecule has 3 aromatic heterocycles. The number of fused-ring (bicyclic) bond motifs is 2. The van der Waals surface area contributed by atoms with E-state index in [4.69, 9.17) is 16.3 Å². The average Bonchev–Trinajstić information content (AvgIpc) is 3.17. The topological polar surface area (TPSA) is 61.9 Å². The van der Waals surface area contributed by atoms with Crippen LogP contribution in [0, 0.1) is 0 Å². The van der Waals surface area contributed by atoms with Crippen molar-refractivity contribution in [1.29, 1.82) is 0 Å². The third-order valence-corrected chi connectivity index (χ3v) is 5.46. The molecular formula is C24H17ClF2N4O2. The first-order chi connectivity index (χ1) is 15.9. The first kappa shape index (κ1) is 21.1. The molecule has 0 aliphatic carbocycles. The standard InChI is InChI=1S/C24H17ClF2N4O2/c1-30-11-16-10-18(7-8-19(16)29-30)31-12-15-4-9-21(33-13-20(26)27)28-23(15)22(24(31)32)14-2-5-17(25)6-3-14/h2-12,20H,13H2,1H3. The second kappa shape index (κ2) is 8.29. The Labute approximate surface area is 191 Å². The maximum absolute atomic E-state index is 13.7. The second-order valence-corrected chi connectivity index (χ2v) is 7.96. The Morgan fingerprint density at radius 3 is 2.58 bits per heavy atom. The van der Waals surface area contributed by atoms with E-state index in [1.54, 1.807) is 45.8 Å². The summed E-state index contributed by atoms with van der Waals surface area (Å²) in [7, 11) is 1.83. The van der Waals surface area contributed by atoms with Gasteiger partial charge in [0.15, 0.2) is 6.61 Å². The van der Waals surface area contributed by atoms with E-state index in [-0.39, 0.29) is 11.4 Å². The molecule has 0 saturated heterocycles. The van der Waals surface area contributed by atoms with Gasteiger partial charge in [-0.15, -0.1) is 0 Å². The Morgan fingerprint density at radius 1 is 1.03 bits per heavy atom. The van der Waals surface area contributed by atoms with E-state index in [0.29, 0.717) is 32.7 Å². The fraction of sp³-hybridized carbons (Fsp3) is 0.125. The number of rotatable bonds is 5. The molecule has 2 aromatic carbocycles. The number of ether oxygens (including phenoxy) is 1.